The summed E-state index contributed by atoms with van der Waals surface area (Å²) in [5, 5.41) is 3.29. The van der Waals surface area contributed by atoms with Crippen LogP contribution in [0.1, 0.15) is 18.4 Å². The number of carbonyl (C=O) groups excluding carboxylic acids is 1. The lowest BCUT2D eigenvalue weighted by atomic mass is 10.2. The molecule has 0 aliphatic carbocycles. The van der Waals surface area contributed by atoms with Crippen LogP contribution in [-0.4, -0.2) is 60.5 Å². The molecular weight excluding hydrogens is 252 g/mol. The number of hydrogen-bond donors (Lipinski definition) is 1. The van der Waals surface area contributed by atoms with Gasteiger partial charge < -0.3 is 15.1 Å². The normalized spacial score (nSPS) is 18.4. The Bertz CT molecular complexity index is 415. The Hall–Kier alpha value is -1.46. The molecular formula is C15H24N4O. The summed E-state index contributed by atoms with van der Waals surface area (Å²) >= 11 is 0. The van der Waals surface area contributed by atoms with Crippen LogP contribution in [0.25, 0.3) is 0 Å². The molecule has 2 rings (SSSR count). The van der Waals surface area contributed by atoms with Crippen LogP contribution in [0.15, 0.2) is 24.5 Å². The number of carbonyl (C=O) groups is 1. The number of amides is 1. The molecule has 5 nitrogen and oxygen atoms in total. The molecule has 2 heterocycles. The second kappa shape index (κ2) is 7.36. The van der Waals surface area contributed by atoms with E-state index in [0.29, 0.717) is 6.54 Å². The number of likely N-dealkylation sites (N-methyl/N-ethyl adjacent to an activating group) is 1. The summed E-state index contributed by atoms with van der Waals surface area (Å²) in [5.74, 6) is 0.216. The van der Waals surface area contributed by atoms with Crippen molar-refractivity contribution < 1.29 is 4.79 Å². The minimum absolute atomic E-state index is 0.00571. The second-order valence-electron chi connectivity index (χ2n) is 5.57. The smallest absolute Gasteiger partial charge is 0.240 e. The predicted molar refractivity (Wildman–Crippen MR) is 79.2 cm³/mol. The quantitative estimate of drug-likeness (QED) is 0.832. The highest BCUT2D eigenvalue weighted by Gasteiger charge is 2.26. The second-order valence-corrected chi connectivity index (χ2v) is 5.57. The largest absolute Gasteiger partial charge is 0.336 e. The van der Waals surface area contributed by atoms with Gasteiger partial charge in [0.05, 0.1) is 6.04 Å². The van der Waals surface area contributed by atoms with Crippen molar-refractivity contribution in [2.45, 2.75) is 25.4 Å². The Labute approximate surface area is 121 Å². The summed E-state index contributed by atoms with van der Waals surface area (Å²) in [6, 6.07) is 3.93. The maximum atomic E-state index is 12.6. The van der Waals surface area contributed by atoms with Gasteiger partial charge in [0.25, 0.3) is 0 Å². The number of rotatable bonds is 6. The van der Waals surface area contributed by atoms with Crippen molar-refractivity contribution in [1.29, 1.82) is 0 Å². The summed E-state index contributed by atoms with van der Waals surface area (Å²) in [5.41, 5.74) is 1.08. The molecule has 1 saturated heterocycles. The molecule has 0 unspecified atom stereocenters. The van der Waals surface area contributed by atoms with Crippen molar-refractivity contribution in [2.75, 3.05) is 33.7 Å². The van der Waals surface area contributed by atoms with Gasteiger partial charge in [-0.2, -0.15) is 0 Å². The van der Waals surface area contributed by atoms with Crippen molar-refractivity contribution in [3.63, 3.8) is 0 Å². The van der Waals surface area contributed by atoms with Crippen LogP contribution < -0.4 is 5.32 Å². The van der Waals surface area contributed by atoms with Gasteiger partial charge in [-0.3, -0.25) is 9.78 Å². The van der Waals surface area contributed by atoms with Gasteiger partial charge in [-0.25, -0.2) is 0 Å². The van der Waals surface area contributed by atoms with Crippen molar-refractivity contribution >= 4 is 5.91 Å². The van der Waals surface area contributed by atoms with Gasteiger partial charge >= 0.3 is 0 Å². The third kappa shape index (κ3) is 4.28. The van der Waals surface area contributed by atoms with Crippen LogP contribution in [0.4, 0.5) is 0 Å². The van der Waals surface area contributed by atoms with Crippen molar-refractivity contribution in [3.05, 3.63) is 30.1 Å². The highest BCUT2D eigenvalue weighted by molar-refractivity contribution is 5.82. The van der Waals surface area contributed by atoms with E-state index in [-0.39, 0.29) is 11.9 Å². The summed E-state index contributed by atoms with van der Waals surface area (Å²) in [6.45, 7) is 3.21. The summed E-state index contributed by atoms with van der Waals surface area (Å²) in [6.07, 6.45) is 5.63. The van der Waals surface area contributed by atoms with Crippen molar-refractivity contribution in [2.24, 2.45) is 0 Å². The zero-order valence-corrected chi connectivity index (χ0v) is 12.4. The zero-order chi connectivity index (χ0) is 14.4. The lowest BCUT2D eigenvalue weighted by Gasteiger charge is -2.27. The maximum absolute atomic E-state index is 12.6. The maximum Gasteiger partial charge on any atom is 0.240 e. The van der Waals surface area contributed by atoms with Crippen molar-refractivity contribution in [1.82, 2.24) is 20.1 Å². The van der Waals surface area contributed by atoms with Gasteiger partial charge in [0.2, 0.25) is 5.91 Å². The van der Waals surface area contributed by atoms with Crippen LogP contribution in [0.2, 0.25) is 0 Å². The molecule has 1 amide bonds. The predicted octanol–water partition coefficient (Wildman–Crippen LogP) is 0.724. The molecule has 0 radical (unpaired) electrons. The van der Waals surface area contributed by atoms with Crippen molar-refractivity contribution in [3.8, 4) is 0 Å². The fourth-order valence-electron chi connectivity index (χ4n) is 2.42. The number of hydrogen-bond acceptors (Lipinski definition) is 4. The first-order chi connectivity index (χ1) is 9.66. The van der Waals surface area contributed by atoms with Gasteiger partial charge in [0.15, 0.2) is 0 Å². The third-order valence-corrected chi connectivity index (χ3v) is 3.58. The lowest BCUT2D eigenvalue weighted by Crippen LogP contribution is -2.45. The molecule has 1 aliphatic heterocycles. The van der Waals surface area contributed by atoms with E-state index in [2.05, 4.69) is 15.2 Å². The zero-order valence-electron chi connectivity index (χ0n) is 12.4. The Morgan fingerprint density at radius 2 is 2.30 bits per heavy atom. The highest BCUT2D eigenvalue weighted by Crippen LogP contribution is 2.11. The SMILES string of the molecule is CN(C)CCN(Cc1cccnc1)C(=O)[C@H]1CCCN1. The first-order valence-corrected chi connectivity index (χ1v) is 7.22. The summed E-state index contributed by atoms with van der Waals surface area (Å²) < 4.78 is 0. The van der Waals surface area contributed by atoms with E-state index in [1.807, 2.05) is 37.3 Å². The lowest BCUT2D eigenvalue weighted by molar-refractivity contribution is -0.133. The minimum atomic E-state index is -0.00571. The molecule has 1 aliphatic rings. The van der Waals surface area contributed by atoms with Gasteiger partial charge in [0.1, 0.15) is 0 Å². The van der Waals surface area contributed by atoms with Crippen LogP contribution >= 0.6 is 0 Å². The van der Waals surface area contributed by atoms with E-state index in [9.17, 15) is 4.79 Å². The molecule has 0 bridgehead atoms. The summed E-state index contributed by atoms with van der Waals surface area (Å²) in [7, 11) is 4.06. The Morgan fingerprint density at radius 3 is 2.90 bits per heavy atom. The minimum Gasteiger partial charge on any atom is -0.336 e. The molecule has 0 aromatic carbocycles. The van der Waals surface area contributed by atoms with E-state index in [0.717, 1.165) is 38.0 Å². The fourth-order valence-corrected chi connectivity index (χ4v) is 2.42. The molecule has 20 heavy (non-hydrogen) atoms. The fraction of sp³-hybridized carbons (Fsp3) is 0.600. The third-order valence-electron chi connectivity index (χ3n) is 3.58. The molecule has 1 aromatic heterocycles. The molecule has 1 N–H and O–H groups in total. The Balaban J connectivity index is 2.01. The van der Waals surface area contributed by atoms with E-state index in [1.165, 1.54) is 0 Å². The molecule has 0 saturated carbocycles. The first kappa shape index (κ1) is 14.9. The van der Waals surface area contributed by atoms with E-state index in [4.69, 9.17) is 0 Å². The van der Waals surface area contributed by atoms with E-state index < -0.39 is 0 Å². The molecule has 0 spiro atoms. The van der Waals surface area contributed by atoms with Gasteiger partial charge in [-0.15, -0.1) is 0 Å². The molecule has 1 atom stereocenters. The van der Waals surface area contributed by atoms with E-state index in [1.54, 1.807) is 6.20 Å². The topological polar surface area (TPSA) is 48.5 Å². The standard InChI is InChI=1S/C15H24N4O/c1-18(2)9-10-19(12-13-5-3-7-16-11-13)15(20)14-6-4-8-17-14/h3,5,7,11,14,17H,4,6,8-10,12H2,1-2H3/t14-/m1/s1. The van der Waals surface area contributed by atoms with E-state index >= 15 is 0 Å². The Kier molecular flexibility index (Phi) is 5.49. The van der Waals surface area contributed by atoms with Gasteiger partial charge in [0, 0.05) is 32.0 Å². The monoisotopic (exact) mass is 276 g/mol. The van der Waals surface area contributed by atoms with Crippen LogP contribution in [0, 0.1) is 0 Å². The van der Waals surface area contributed by atoms with Crippen LogP contribution in [0.3, 0.4) is 0 Å². The van der Waals surface area contributed by atoms with Crippen LogP contribution in [-0.2, 0) is 11.3 Å². The highest BCUT2D eigenvalue weighted by atomic mass is 16.2. The average Bonchev–Trinajstić information content (AvgIpc) is 2.97. The summed E-state index contributed by atoms with van der Waals surface area (Å²) in [4.78, 5) is 20.8. The molecule has 1 aromatic rings. The molecule has 1 fully saturated rings. The number of pyridine rings is 1. The Morgan fingerprint density at radius 1 is 1.45 bits per heavy atom. The number of nitrogens with one attached hydrogen (secondary N) is 1. The first-order valence-electron chi connectivity index (χ1n) is 7.22. The van der Waals surface area contributed by atoms with Gasteiger partial charge in [-0.1, -0.05) is 6.07 Å². The van der Waals surface area contributed by atoms with Gasteiger partial charge in [-0.05, 0) is 45.1 Å². The number of aromatic nitrogens is 1. The van der Waals surface area contributed by atoms with Crippen LogP contribution in [0.5, 0.6) is 0 Å². The molecule has 110 valence electrons. The average molecular weight is 276 g/mol. The molecule has 5 heteroatoms. The number of nitrogens with zero attached hydrogens (tertiary/aromatic N) is 3.